The fraction of sp³-hybridized carbons (Fsp3) is 0.736. The van der Waals surface area contributed by atoms with Gasteiger partial charge in [0.2, 0.25) is 0 Å². The van der Waals surface area contributed by atoms with Crippen LogP contribution in [-0.2, 0) is 32.7 Å². The van der Waals surface area contributed by atoms with Crippen molar-refractivity contribution in [2.45, 2.75) is 225 Å². The van der Waals surface area contributed by atoms with E-state index in [1.165, 1.54) is 103 Å². The molecule has 0 aromatic carbocycles. The van der Waals surface area contributed by atoms with Crippen molar-refractivity contribution < 1.29 is 42.7 Å². The van der Waals surface area contributed by atoms with Gasteiger partial charge in [0.25, 0.3) is 0 Å². The lowest BCUT2D eigenvalue weighted by molar-refractivity contribution is -0.154. The van der Waals surface area contributed by atoms with E-state index in [0.29, 0.717) is 13.0 Å². The number of nitrogens with two attached hydrogens (primary N) is 1. The Balaban J connectivity index is 4.17. The smallest absolute Gasteiger partial charge is 0.472 e. The Bertz CT molecular complexity index is 1290. The maximum atomic E-state index is 12.7. The number of aliphatic carboxylic acids is 1. The standard InChI is InChI=1S/C53H94NO9P/c1-3-5-7-9-11-13-15-17-19-21-23-24-25-26-27-29-31-33-35-37-39-41-43-45-52(55)63-50(48-61-64(58,59)62-49-51(54)53(56)57)47-60-46-44-42-40-38-36-34-32-30-28-22-20-18-16-14-12-10-8-6-4-2/h5,7,11,13-14,16-17,19-20,22-24,50-51H,3-4,6,8-10,12,15,18,21,25-49,54H2,1-2H3,(H,56,57)(H,58,59)/b7-5-,13-11-,16-14-,19-17-,22-20-,24-23-. The molecule has 0 aromatic rings. The summed E-state index contributed by atoms with van der Waals surface area (Å²) in [6.45, 7) is 3.75. The number of ether oxygens (including phenoxy) is 2. The quantitative estimate of drug-likeness (QED) is 0.0232. The summed E-state index contributed by atoms with van der Waals surface area (Å²) >= 11 is 0. The molecule has 0 saturated carbocycles. The highest BCUT2D eigenvalue weighted by Crippen LogP contribution is 2.43. The molecule has 0 spiro atoms. The highest BCUT2D eigenvalue weighted by Gasteiger charge is 2.27. The molecule has 0 bridgehead atoms. The number of carboxylic acid groups (broad SMARTS) is 1. The van der Waals surface area contributed by atoms with Gasteiger partial charge in [0.05, 0.1) is 19.8 Å². The molecule has 4 N–H and O–H groups in total. The van der Waals surface area contributed by atoms with Crippen molar-refractivity contribution >= 4 is 19.8 Å². The predicted octanol–water partition coefficient (Wildman–Crippen LogP) is 14.9. The number of rotatable bonds is 48. The molecule has 370 valence electrons. The molecule has 64 heavy (non-hydrogen) atoms. The third kappa shape index (κ3) is 47.4. The Labute approximate surface area is 391 Å². The number of phosphoric ester groups is 1. The van der Waals surface area contributed by atoms with Crippen LogP contribution in [-0.4, -0.2) is 60.5 Å². The minimum absolute atomic E-state index is 0.00853. The first-order chi connectivity index (χ1) is 31.2. The molecule has 0 saturated heterocycles. The SMILES string of the molecule is CC/C=C\C/C=C\C/C=C\C/C=C\CCCCCCCCCCCCC(=O)OC(COCCCCCCCCCC/C=C\C/C=C\CCCCCC)COP(=O)(O)OCC(N)C(=O)O. The van der Waals surface area contributed by atoms with Crippen LogP contribution in [0.2, 0.25) is 0 Å². The minimum Gasteiger partial charge on any atom is -0.480 e. The summed E-state index contributed by atoms with van der Waals surface area (Å²) in [6, 6.07) is -1.48. The average Bonchev–Trinajstić information content (AvgIpc) is 3.28. The first-order valence-electron chi connectivity index (χ1n) is 25.5. The molecule has 0 rings (SSSR count). The van der Waals surface area contributed by atoms with Crippen molar-refractivity contribution in [2.75, 3.05) is 26.4 Å². The Morgan fingerprint density at radius 3 is 1.36 bits per heavy atom. The fourth-order valence-electron chi connectivity index (χ4n) is 6.80. The summed E-state index contributed by atoms with van der Waals surface area (Å²) in [6.07, 6.45) is 60.9. The summed E-state index contributed by atoms with van der Waals surface area (Å²) < 4.78 is 33.5. The van der Waals surface area contributed by atoms with Gasteiger partial charge in [-0.2, -0.15) is 0 Å². The Morgan fingerprint density at radius 1 is 0.516 bits per heavy atom. The third-order valence-electron chi connectivity index (χ3n) is 10.7. The molecule has 0 amide bonds. The summed E-state index contributed by atoms with van der Waals surface area (Å²) in [4.78, 5) is 33.7. The monoisotopic (exact) mass is 920 g/mol. The summed E-state index contributed by atoms with van der Waals surface area (Å²) in [5.41, 5.74) is 5.37. The van der Waals surface area contributed by atoms with Crippen LogP contribution in [0.1, 0.15) is 213 Å². The lowest BCUT2D eigenvalue weighted by Crippen LogP contribution is -2.34. The van der Waals surface area contributed by atoms with Crippen LogP contribution in [0, 0.1) is 0 Å². The van der Waals surface area contributed by atoms with Crippen molar-refractivity contribution in [3.63, 3.8) is 0 Å². The number of esters is 1. The summed E-state index contributed by atoms with van der Waals surface area (Å²) in [7, 11) is -4.63. The highest BCUT2D eigenvalue weighted by molar-refractivity contribution is 7.47. The summed E-state index contributed by atoms with van der Waals surface area (Å²) in [5.74, 6) is -1.79. The van der Waals surface area contributed by atoms with Gasteiger partial charge in [0, 0.05) is 13.0 Å². The predicted molar refractivity (Wildman–Crippen MR) is 267 cm³/mol. The number of carbonyl (C=O) groups excluding carboxylic acids is 1. The van der Waals surface area contributed by atoms with Crippen molar-refractivity contribution in [1.82, 2.24) is 0 Å². The number of unbranched alkanes of at least 4 members (excludes halogenated alkanes) is 22. The van der Waals surface area contributed by atoms with E-state index in [-0.39, 0.29) is 13.0 Å². The van der Waals surface area contributed by atoms with Crippen LogP contribution in [0.3, 0.4) is 0 Å². The largest absolute Gasteiger partial charge is 0.480 e. The fourth-order valence-corrected chi connectivity index (χ4v) is 7.58. The van der Waals surface area contributed by atoms with Crippen molar-refractivity contribution in [1.29, 1.82) is 0 Å². The van der Waals surface area contributed by atoms with Gasteiger partial charge in [0.15, 0.2) is 0 Å². The number of carbonyl (C=O) groups is 2. The lowest BCUT2D eigenvalue weighted by atomic mass is 10.0. The molecular formula is C53H94NO9P. The Morgan fingerprint density at radius 2 is 0.906 bits per heavy atom. The first-order valence-corrected chi connectivity index (χ1v) is 27.0. The maximum Gasteiger partial charge on any atom is 0.472 e. The molecule has 10 nitrogen and oxygen atoms in total. The number of phosphoric acid groups is 1. The number of hydrogen-bond donors (Lipinski definition) is 3. The molecule has 0 aliphatic heterocycles. The van der Waals surface area contributed by atoms with Gasteiger partial charge in [0.1, 0.15) is 12.1 Å². The van der Waals surface area contributed by atoms with Gasteiger partial charge in [-0.3, -0.25) is 18.6 Å². The van der Waals surface area contributed by atoms with Crippen LogP contribution in [0.5, 0.6) is 0 Å². The second kappa shape index (κ2) is 48.3. The van der Waals surface area contributed by atoms with E-state index in [9.17, 15) is 19.0 Å². The van der Waals surface area contributed by atoms with Crippen LogP contribution >= 0.6 is 7.82 Å². The normalized spacial score (nSPS) is 14.3. The minimum atomic E-state index is -4.63. The average molecular weight is 920 g/mol. The zero-order chi connectivity index (χ0) is 46.9. The lowest BCUT2D eigenvalue weighted by Gasteiger charge is -2.20. The van der Waals surface area contributed by atoms with E-state index >= 15 is 0 Å². The summed E-state index contributed by atoms with van der Waals surface area (Å²) in [5, 5.41) is 8.93. The van der Waals surface area contributed by atoms with Gasteiger partial charge in [-0.1, -0.05) is 196 Å². The number of allylic oxidation sites excluding steroid dienone is 12. The Kier molecular flexibility index (Phi) is 46.4. The van der Waals surface area contributed by atoms with E-state index in [0.717, 1.165) is 83.5 Å². The van der Waals surface area contributed by atoms with Crippen molar-refractivity contribution in [3.05, 3.63) is 72.9 Å². The number of carboxylic acids is 1. The van der Waals surface area contributed by atoms with Gasteiger partial charge in [-0.05, 0) is 83.5 Å². The molecule has 0 radical (unpaired) electrons. The molecule has 3 unspecified atom stereocenters. The van der Waals surface area contributed by atoms with E-state index < -0.39 is 45.1 Å². The molecule has 3 atom stereocenters. The van der Waals surface area contributed by atoms with E-state index in [2.05, 4.69) is 86.8 Å². The van der Waals surface area contributed by atoms with Gasteiger partial charge >= 0.3 is 19.8 Å². The van der Waals surface area contributed by atoms with Gasteiger partial charge < -0.3 is 25.2 Å². The zero-order valence-corrected chi connectivity index (χ0v) is 41.5. The molecule has 0 aliphatic rings. The Hall–Kier alpha value is -2.59. The van der Waals surface area contributed by atoms with Crippen molar-refractivity contribution in [2.24, 2.45) is 5.73 Å². The molecular weight excluding hydrogens is 826 g/mol. The van der Waals surface area contributed by atoms with Crippen LogP contribution in [0.4, 0.5) is 0 Å². The van der Waals surface area contributed by atoms with Gasteiger partial charge in [-0.25, -0.2) is 4.57 Å². The topological polar surface area (TPSA) is 155 Å². The molecule has 0 heterocycles. The molecule has 0 fully saturated rings. The van der Waals surface area contributed by atoms with E-state index in [4.69, 9.17) is 29.4 Å². The van der Waals surface area contributed by atoms with Crippen LogP contribution < -0.4 is 5.73 Å². The molecule has 0 aliphatic carbocycles. The highest BCUT2D eigenvalue weighted by atomic mass is 31.2. The van der Waals surface area contributed by atoms with Crippen molar-refractivity contribution in [3.8, 4) is 0 Å². The van der Waals surface area contributed by atoms with E-state index in [1.807, 2.05) is 0 Å². The molecule has 11 heteroatoms. The molecule has 0 aromatic heterocycles. The number of hydrogen-bond acceptors (Lipinski definition) is 8. The second-order valence-corrected chi connectivity index (χ2v) is 18.4. The zero-order valence-electron chi connectivity index (χ0n) is 40.6. The second-order valence-electron chi connectivity index (χ2n) is 16.9. The first kappa shape index (κ1) is 61.4. The third-order valence-corrected chi connectivity index (χ3v) is 11.7. The van der Waals surface area contributed by atoms with Crippen LogP contribution in [0.25, 0.3) is 0 Å². The van der Waals surface area contributed by atoms with Crippen LogP contribution in [0.15, 0.2) is 72.9 Å². The van der Waals surface area contributed by atoms with E-state index in [1.54, 1.807) is 0 Å². The van der Waals surface area contributed by atoms with Gasteiger partial charge in [-0.15, -0.1) is 0 Å². The maximum absolute atomic E-state index is 12.7.